The summed E-state index contributed by atoms with van der Waals surface area (Å²) in [6.45, 7) is 2.74. The summed E-state index contributed by atoms with van der Waals surface area (Å²) < 4.78 is 25.4. The number of nitrogens with zero attached hydrogens (tertiary/aromatic N) is 3. The highest BCUT2D eigenvalue weighted by molar-refractivity contribution is 9.10. The minimum absolute atomic E-state index is 0.0715. The van der Waals surface area contributed by atoms with E-state index in [-0.39, 0.29) is 6.04 Å². The number of primary amides is 1. The predicted molar refractivity (Wildman–Crippen MR) is 116 cm³/mol. The number of amides is 1. The van der Waals surface area contributed by atoms with Gasteiger partial charge in [0.05, 0.1) is 22.0 Å². The van der Waals surface area contributed by atoms with E-state index in [1.165, 1.54) is 10.6 Å². The SMILES string of the molecule is Cc1cccc(Nc2nc(NC3CCN(S(C)(=O)=O)CC3)ncc2Br)c1C(N)=O. The average molecular weight is 483 g/mol. The number of carbonyl (C=O) groups excluding carboxylic acids is 1. The van der Waals surface area contributed by atoms with Crippen LogP contribution in [-0.2, 0) is 10.0 Å². The quantitative estimate of drug-likeness (QED) is 0.575. The molecule has 1 aliphatic heterocycles. The molecule has 9 nitrogen and oxygen atoms in total. The van der Waals surface area contributed by atoms with Gasteiger partial charge < -0.3 is 16.4 Å². The molecule has 1 amide bonds. The second-order valence-corrected chi connectivity index (χ2v) is 9.79. The van der Waals surface area contributed by atoms with Crippen molar-refractivity contribution in [1.29, 1.82) is 0 Å². The molecular formula is C18H23BrN6O3S. The van der Waals surface area contributed by atoms with E-state index in [0.29, 0.717) is 53.4 Å². The van der Waals surface area contributed by atoms with Gasteiger partial charge in [-0.05, 0) is 47.3 Å². The topological polar surface area (TPSA) is 130 Å². The third-order valence-electron chi connectivity index (χ3n) is 4.77. The molecule has 3 rings (SSSR count). The van der Waals surface area contributed by atoms with Crippen molar-refractivity contribution in [3.05, 3.63) is 40.0 Å². The number of aryl methyl sites for hydroxylation is 1. The van der Waals surface area contributed by atoms with Gasteiger partial charge in [-0.3, -0.25) is 4.79 Å². The van der Waals surface area contributed by atoms with Crippen LogP contribution in [0.4, 0.5) is 17.5 Å². The Kier molecular flexibility index (Phi) is 6.39. The number of aromatic nitrogens is 2. The highest BCUT2D eigenvalue weighted by Crippen LogP contribution is 2.28. The van der Waals surface area contributed by atoms with Gasteiger partial charge in [-0.15, -0.1) is 0 Å². The van der Waals surface area contributed by atoms with Crippen LogP contribution in [0, 0.1) is 6.92 Å². The molecule has 1 saturated heterocycles. The van der Waals surface area contributed by atoms with E-state index in [1.54, 1.807) is 12.3 Å². The van der Waals surface area contributed by atoms with Gasteiger partial charge in [0, 0.05) is 25.3 Å². The third kappa shape index (κ3) is 5.22. The number of benzene rings is 1. The molecule has 29 heavy (non-hydrogen) atoms. The van der Waals surface area contributed by atoms with Crippen LogP contribution in [-0.4, -0.2) is 54.0 Å². The van der Waals surface area contributed by atoms with E-state index in [2.05, 4.69) is 36.5 Å². The lowest BCUT2D eigenvalue weighted by Crippen LogP contribution is -2.42. The Labute approximate surface area is 178 Å². The number of anilines is 3. The van der Waals surface area contributed by atoms with Gasteiger partial charge in [-0.2, -0.15) is 4.98 Å². The first-order chi connectivity index (χ1) is 13.6. The maximum absolute atomic E-state index is 11.8. The maximum atomic E-state index is 11.8. The van der Waals surface area contributed by atoms with Crippen molar-refractivity contribution < 1.29 is 13.2 Å². The fourth-order valence-electron chi connectivity index (χ4n) is 3.27. The zero-order valence-corrected chi connectivity index (χ0v) is 18.5. The van der Waals surface area contributed by atoms with Crippen molar-refractivity contribution in [3.63, 3.8) is 0 Å². The van der Waals surface area contributed by atoms with Crippen LogP contribution < -0.4 is 16.4 Å². The van der Waals surface area contributed by atoms with Crippen LogP contribution in [0.3, 0.4) is 0 Å². The van der Waals surface area contributed by atoms with Crippen molar-refractivity contribution in [2.75, 3.05) is 30.0 Å². The van der Waals surface area contributed by atoms with Crippen LogP contribution in [0.1, 0.15) is 28.8 Å². The van der Waals surface area contributed by atoms with Gasteiger partial charge in [0.25, 0.3) is 5.91 Å². The number of sulfonamides is 1. The lowest BCUT2D eigenvalue weighted by atomic mass is 10.1. The number of rotatable bonds is 6. The van der Waals surface area contributed by atoms with Crippen LogP contribution in [0.15, 0.2) is 28.9 Å². The summed E-state index contributed by atoms with van der Waals surface area (Å²) >= 11 is 3.42. The minimum Gasteiger partial charge on any atom is -0.366 e. The fourth-order valence-corrected chi connectivity index (χ4v) is 4.43. The first-order valence-corrected chi connectivity index (χ1v) is 11.7. The average Bonchev–Trinajstić information content (AvgIpc) is 2.64. The standard InChI is InChI=1S/C18H23BrN6O3S/c1-11-4-3-5-14(15(11)16(20)26)23-17-13(19)10-21-18(24-17)22-12-6-8-25(9-7-12)29(2,27)28/h3-5,10,12H,6-9H2,1-2H3,(H2,20,26)(H2,21,22,23,24). The molecule has 0 saturated carbocycles. The Hall–Kier alpha value is -2.24. The lowest BCUT2D eigenvalue weighted by Gasteiger charge is -2.30. The monoisotopic (exact) mass is 482 g/mol. The van der Waals surface area contributed by atoms with Crippen molar-refractivity contribution in [3.8, 4) is 0 Å². The van der Waals surface area contributed by atoms with Crippen LogP contribution in [0.25, 0.3) is 0 Å². The lowest BCUT2D eigenvalue weighted by molar-refractivity contribution is 0.100. The number of nitrogens with two attached hydrogens (primary N) is 1. The highest BCUT2D eigenvalue weighted by Gasteiger charge is 2.25. The molecule has 0 atom stereocenters. The zero-order valence-electron chi connectivity index (χ0n) is 16.1. The van der Waals surface area contributed by atoms with E-state index in [4.69, 9.17) is 5.73 Å². The molecule has 4 N–H and O–H groups in total. The molecule has 0 spiro atoms. The molecule has 1 aliphatic rings. The summed E-state index contributed by atoms with van der Waals surface area (Å²) in [5.74, 6) is 0.387. The van der Waals surface area contributed by atoms with E-state index < -0.39 is 15.9 Å². The fraction of sp³-hybridized carbons (Fsp3) is 0.389. The molecule has 0 unspecified atom stereocenters. The van der Waals surface area contributed by atoms with E-state index in [0.717, 1.165) is 5.56 Å². The Morgan fingerprint density at radius 1 is 1.31 bits per heavy atom. The Bertz CT molecular complexity index is 1020. The summed E-state index contributed by atoms with van der Waals surface area (Å²) in [5.41, 5.74) is 7.25. The number of hydrogen-bond acceptors (Lipinski definition) is 7. The molecule has 2 heterocycles. The van der Waals surface area contributed by atoms with Crippen molar-refractivity contribution >= 4 is 49.3 Å². The maximum Gasteiger partial charge on any atom is 0.251 e. The number of halogens is 1. The Balaban J connectivity index is 1.75. The van der Waals surface area contributed by atoms with E-state index in [9.17, 15) is 13.2 Å². The van der Waals surface area contributed by atoms with Gasteiger partial charge in [0.1, 0.15) is 5.82 Å². The number of piperidine rings is 1. The number of hydrogen-bond donors (Lipinski definition) is 3. The van der Waals surface area contributed by atoms with Gasteiger partial charge >= 0.3 is 0 Å². The van der Waals surface area contributed by atoms with Crippen molar-refractivity contribution in [1.82, 2.24) is 14.3 Å². The van der Waals surface area contributed by atoms with Crippen molar-refractivity contribution in [2.24, 2.45) is 5.73 Å². The van der Waals surface area contributed by atoms with Crippen LogP contribution >= 0.6 is 15.9 Å². The van der Waals surface area contributed by atoms with Crippen LogP contribution in [0.5, 0.6) is 0 Å². The van der Waals surface area contributed by atoms with Gasteiger partial charge in [-0.25, -0.2) is 17.7 Å². The molecule has 156 valence electrons. The first-order valence-electron chi connectivity index (χ1n) is 9.06. The number of carbonyl (C=O) groups is 1. The first kappa shape index (κ1) is 21.5. The van der Waals surface area contributed by atoms with Gasteiger partial charge in [0.2, 0.25) is 16.0 Å². The summed E-state index contributed by atoms with van der Waals surface area (Å²) in [5, 5.41) is 6.40. The second kappa shape index (κ2) is 8.64. The summed E-state index contributed by atoms with van der Waals surface area (Å²) in [6, 6.07) is 5.47. The van der Waals surface area contributed by atoms with Crippen LogP contribution in [0.2, 0.25) is 0 Å². The second-order valence-electron chi connectivity index (χ2n) is 6.96. The Morgan fingerprint density at radius 2 is 2.00 bits per heavy atom. The molecule has 1 aromatic heterocycles. The summed E-state index contributed by atoms with van der Waals surface area (Å²) in [7, 11) is -3.16. The molecule has 1 aromatic carbocycles. The van der Waals surface area contributed by atoms with E-state index >= 15 is 0 Å². The van der Waals surface area contributed by atoms with Gasteiger partial charge in [-0.1, -0.05) is 12.1 Å². The zero-order chi connectivity index (χ0) is 21.2. The van der Waals surface area contributed by atoms with Gasteiger partial charge in [0.15, 0.2) is 0 Å². The Morgan fingerprint density at radius 3 is 2.62 bits per heavy atom. The number of nitrogens with one attached hydrogen (secondary N) is 2. The molecule has 0 bridgehead atoms. The predicted octanol–water partition coefficient (Wildman–Crippen LogP) is 2.23. The summed E-state index contributed by atoms with van der Waals surface area (Å²) in [6.07, 6.45) is 4.17. The molecule has 0 aliphatic carbocycles. The molecule has 1 fully saturated rings. The normalized spacial score (nSPS) is 15.8. The minimum atomic E-state index is -3.16. The molecular weight excluding hydrogens is 460 g/mol. The molecule has 0 radical (unpaired) electrons. The largest absolute Gasteiger partial charge is 0.366 e. The third-order valence-corrected chi connectivity index (χ3v) is 6.66. The molecule has 11 heteroatoms. The van der Waals surface area contributed by atoms with Crippen molar-refractivity contribution in [2.45, 2.75) is 25.8 Å². The smallest absolute Gasteiger partial charge is 0.251 e. The van der Waals surface area contributed by atoms with E-state index in [1.807, 2.05) is 19.1 Å². The summed E-state index contributed by atoms with van der Waals surface area (Å²) in [4.78, 5) is 20.6. The molecule has 2 aromatic rings. The highest BCUT2D eigenvalue weighted by atomic mass is 79.9.